The minimum atomic E-state index is -0.267. The van der Waals surface area contributed by atoms with Crippen LogP contribution in [0.4, 0.5) is 0 Å². The van der Waals surface area contributed by atoms with Gasteiger partial charge in [0.25, 0.3) is 0 Å². The van der Waals surface area contributed by atoms with Crippen molar-refractivity contribution in [1.82, 2.24) is 16.0 Å². The summed E-state index contributed by atoms with van der Waals surface area (Å²) in [5, 5.41) is 8.29. The molecule has 2 amide bonds. The Morgan fingerprint density at radius 2 is 1.80 bits per heavy atom. The van der Waals surface area contributed by atoms with Gasteiger partial charge in [-0.15, -0.1) is 0 Å². The maximum atomic E-state index is 11.4. The van der Waals surface area contributed by atoms with Gasteiger partial charge in [0.2, 0.25) is 11.8 Å². The molecule has 15 heavy (non-hydrogen) atoms. The molecule has 88 valence electrons. The lowest BCUT2D eigenvalue weighted by Gasteiger charge is -2.15. The van der Waals surface area contributed by atoms with Crippen molar-refractivity contribution in [2.45, 2.75) is 39.3 Å². The minimum Gasteiger partial charge on any atom is -0.359 e. The molecule has 1 atom stereocenters. The van der Waals surface area contributed by atoms with E-state index >= 15 is 0 Å². The highest BCUT2D eigenvalue weighted by Crippen LogP contribution is 1.86. The second-order valence-electron chi connectivity index (χ2n) is 3.76. The van der Waals surface area contributed by atoms with Gasteiger partial charge >= 0.3 is 0 Å². The summed E-state index contributed by atoms with van der Waals surface area (Å²) in [6.07, 6.45) is 0.385. The Balaban J connectivity index is 3.69. The lowest BCUT2D eigenvalue weighted by molar-refractivity contribution is -0.124. The van der Waals surface area contributed by atoms with E-state index in [2.05, 4.69) is 16.0 Å². The maximum Gasteiger partial charge on any atom is 0.237 e. The molecule has 5 nitrogen and oxygen atoms in total. The van der Waals surface area contributed by atoms with E-state index in [1.165, 1.54) is 0 Å². The molecule has 0 aliphatic rings. The Kier molecular flexibility index (Phi) is 6.70. The zero-order valence-corrected chi connectivity index (χ0v) is 9.89. The van der Waals surface area contributed by atoms with Crippen LogP contribution in [0.15, 0.2) is 0 Å². The number of nitrogens with one attached hydrogen (secondary N) is 3. The fourth-order valence-corrected chi connectivity index (χ4v) is 1.03. The van der Waals surface area contributed by atoms with Gasteiger partial charge in [0.1, 0.15) is 0 Å². The van der Waals surface area contributed by atoms with Crippen molar-refractivity contribution >= 4 is 11.8 Å². The van der Waals surface area contributed by atoms with Crippen LogP contribution in [-0.4, -0.2) is 37.5 Å². The standard InChI is InChI=1S/C10H21N3O2/c1-7(2)13-10(15)8(3)12-6-5-9(14)11-4/h7-8,12H,5-6H2,1-4H3,(H,11,14)(H,13,15). The summed E-state index contributed by atoms with van der Waals surface area (Å²) in [4.78, 5) is 22.3. The first-order valence-electron chi connectivity index (χ1n) is 5.21. The van der Waals surface area contributed by atoms with E-state index in [1.54, 1.807) is 14.0 Å². The van der Waals surface area contributed by atoms with Crippen molar-refractivity contribution < 1.29 is 9.59 Å². The van der Waals surface area contributed by atoms with E-state index in [0.717, 1.165) is 0 Å². The summed E-state index contributed by atoms with van der Waals surface area (Å²) < 4.78 is 0. The highest BCUT2D eigenvalue weighted by molar-refractivity contribution is 5.81. The van der Waals surface area contributed by atoms with E-state index in [4.69, 9.17) is 0 Å². The van der Waals surface area contributed by atoms with Gasteiger partial charge in [-0.25, -0.2) is 0 Å². The van der Waals surface area contributed by atoms with E-state index < -0.39 is 0 Å². The number of hydrogen-bond acceptors (Lipinski definition) is 3. The summed E-state index contributed by atoms with van der Waals surface area (Å²) in [5.74, 6) is -0.0686. The number of hydrogen-bond donors (Lipinski definition) is 3. The molecule has 0 aliphatic carbocycles. The fourth-order valence-electron chi connectivity index (χ4n) is 1.03. The average molecular weight is 215 g/mol. The van der Waals surface area contributed by atoms with Gasteiger partial charge in [0.05, 0.1) is 6.04 Å². The zero-order chi connectivity index (χ0) is 11.8. The Labute approximate surface area is 91.0 Å². The molecule has 0 aromatic carbocycles. The number of carbonyl (C=O) groups excluding carboxylic acids is 2. The topological polar surface area (TPSA) is 70.2 Å². The Hall–Kier alpha value is -1.10. The van der Waals surface area contributed by atoms with Crippen molar-refractivity contribution in [2.75, 3.05) is 13.6 Å². The Morgan fingerprint density at radius 3 is 2.27 bits per heavy atom. The molecule has 1 unspecified atom stereocenters. The van der Waals surface area contributed by atoms with Gasteiger partial charge in [-0.05, 0) is 20.8 Å². The van der Waals surface area contributed by atoms with Crippen LogP contribution in [0.25, 0.3) is 0 Å². The van der Waals surface area contributed by atoms with Gasteiger partial charge in [-0.1, -0.05) is 0 Å². The number of carbonyl (C=O) groups is 2. The minimum absolute atomic E-state index is 0.0287. The van der Waals surface area contributed by atoms with Gasteiger partial charge in [0.15, 0.2) is 0 Å². The quantitative estimate of drug-likeness (QED) is 0.566. The molecule has 0 rings (SSSR count). The molecule has 0 fully saturated rings. The molecular formula is C10H21N3O2. The number of rotatable bonds is 6. The summed E-state index contributed by atoms with van der Waals surface area (Å²) >= 11 is 0. The molecule has 0 saturated carbocycles. The van der Waals surface area contributed by atoms with E-state index in [0.29, 0.717) is 13.0 Å². The summed E-state index contributed by atoms with van der Waals surface area (Å²) in [5.41, 5.74) is 0. The van der Waals surface area contributed by atoms with Crippen LogP contribution >= 0.6 is 0 Å². The molecule has 3 N–H and O–H groups in total. The van der Waals surface area contributed by atoms with Crippen LogP contribution in [-0.2, 0) is 9.59 Å². The van der Waals surface area contributed by atoms with Crippen LogP contribution in [0.5, 0.6) is 0 Å². The lowest BCUT2D eigenvalue weighted by atomic mass is 10.2. The molecule has 0 radical (unpaired) electrons. The smallest absolute Gasteiger partial charge is 0.237 e. The second-order valence-corrected chi connectivity index (χ2v) is 3.76. The molecule has 0 aromatic heterocycles. The highest BCUT2D eigenvalue weighted by atomic mass is 16.2. The second kappa shape index (κ2) is 7.23. The van der Waals surface area contributed by atoms with Crippen molar-refractivity contribution in [1.29, 1.82) is 0 Å². The van der Waals surface area contributed by atoms with E-state index in [-0.39, 0.29) is 23.9 Å². The summed E-state index contributed by atoms with van der Waals surface area (Å²) in [7, 11) is 1.59. The molecular weight excluding hydrogens is 194 g/mol. The zero-order valence-electron chi connectivity index (χ0n) is 9.89. The first-order chi connectivity index (χ1) is 6.97. The predicted octanol–water partition coefficient (Wildman–Crippen LogP) is -0.375. The molecule has 5 heteroatoms. The third-order valence-corrected chi connectivity index (χ3v) is 1.91. The maximum absolute atomic E-state index is 11.4. The van der Waals surface area contributed by atoms with Gasteiger partial charge < -0.3 is 16.0 Å². The SMILES string of the molecule is CNC(=O)CCNC(C)C(=O)NC(C)C. The molecule has 0 aliphatic heterocycles. The number of amides is 2. The van der Waals surface area contributed by atoms with Crippen LogP contribution in [0.2, 0.25) is 0 Å². The van der Waals surface area contributed by atoms with Crippen molar-refractivity contribution in [2.24, 2.45) is 0 Å². The first-order valence-corrected chi connectivity index (χ1v) is 5.21. The molecule has 0 bridgehead atoms. The van der Waals surface area contributed by atoms with Crippen LogP contribution in [0, 0.1) is 0 Å². The van der Waals surface area contributed by atoms with E-state index in [9.17, 15) is 9.59 Å². The molecule has 0 heterocycles. The third-order valence-electron chi connectivity index (χ3n) is 1.91. The molecule has 0 aromatic rings. The predicted molar refractivity (Wildman–Crippen MR) is 59.4 cm³/mol. The highest BCUT2D eigenvalue weighted by Gasteiger charge is 2.12. The molecule has 0 saturated heterocycles. The van der Waals surface area contributed by atoms with E-state index in [1.807, 2.05) is 13.8 Å². The first kappa shape index (κ1) is 13.9. The van der Waals surface area contributed by atoms with Crippen LogP contribution in [0.3, 0.4) is 0 Å². The van der Waals surface area contributed by atoms with Crippen molar-refractivity contribution in [3.8, 4) is 0 Å². The van der Waals surface area contributed by atoms with Crippen LogP contribution < -0.4 is 16.0 Å². The Bertz CT molecular complexity index is 217. The van der Waals surface area contributed by atoms with Crippen LogP contribution in [0.1, 0.15) is 27.2 Å². The largest absolute Gasteiger partial charge is 0.359 e. The monoisotopic (exact) mass is 215 g/mol. The van der Waals surface area contributed by atoms with Gasteiger partial charge in [-0.2, -0.15) is 0 Å². The average Bonchev–Trinajstić information content (AvgIpc) is 2.16. The molecule has 0 spiro atoms. The third kappa shape index (κ3) is 6.90. The Morgan fingerprint density at radius 1 is 1.20 bits per heavy atom. The normalized spacial score (nSPS) is 12.3. The fraction of sp³-hybridized carbons (Fsp3) is 0.800. The van der Waals surface area contributed by atoms with Crippen molar-refractivity contribution in [3.63, 3.8) is 0 Å². The lowest BCUT2D eigenvalue weighted by Crippen LogP contribution is -2.45. The van der Waals surface area contributed by atoms with Gasteiger partial charge in [-0.3, -0.25) is 9.59 Å². The van der Waals surface area contributed by atoms with Gasteiger partial charge in [0, 0.05) is 26.1 Å². The van der Waals surface area contributed by atoms with Crippen molar-refractivity contribution in [3.05, 3.63) is 0 Å². The summed E-state index contributed by atoms with van der Waals surface area (Å²) in [6, 6.07) is -0.127. The summed E-state index contributed by atoms with van der Waals surface area (Å²) in [6.45, 7) is 6.11.